The summed E-state index contributed by atoms with van der Waals surface area (Å²) in [6.45, 7) is 9.59. The lowest BCUT2D eigenvalue weighted by Crippen LogP contribution is -2.26. The van der Waals surface area contributed by atoms with E-state index in [0.29, 0.717) is 12.3 Å². The zero-order valence-corrected chi connectivity index (χ0v) is 12.0. The van der Waals surface area contributed by atoms with E-state index in [4.69, 9.17) is 4.74 Å². The summed E-state index contributed by atoms with van der Waals surface area (Å²) in [5.74, 6) is 0.613. The molecular weight excluding hydrogens is 242 g/mol. The fourth-order valence-electron chi connectivity index (χ4n) is 2.87. The summed E-state index contributed by atoms with van der Waals surface area (Å²) < 4.78 is 5.30. The van der Waals surface area contributed by atoms with Gasteiger partial charge in [-0.25, -0.2) is 0 Å². The molecule has 1 amide bonds. The number of fused-ring (bicyclic) bond motifs is 1. The van der Waals surface area contributed by atoms with Crippen molar-refractivity contribution in [1.82, 2.24) is 0 Å². The maximum absolute atomic E-state index is 11.7. The van der Waals surface area contributed by atoms with Crippen LogP contribution in [0.1, 0.15) is 43.4 Å². The number of benzene rings is 1. The van der Waals surface area contributed by atoms with Crippen molar-refractivity contribution in [2.24, 2.45) is 0 Å². The highest BCUT2D eigenvalue weighted by atomic mass is 16.5. The number of amides is 1. The molecule has 0 unspecified atom stereocenters. The van der Waals surface area contributed by atoms with Gasteiger partial charge in [0.15, 0.2) is 0 Å². The molecule has 1 heterocycles. The summed E-state index contributed by atoms with van der Waals surface area (Å²) in [6.07, 6.45) is 0. The van der Waals surface area contributed by atoms with Gasteiger partial charge in [0.05, 0.1) is 0 Å². The number of rotatable bonds is 1. The maximum atomic E-state index is 11.7. The van der Waals surface area contributed by atoms with Crippen LogP contribution >= 0.6 is 0 Å². The summed E-state index contributed by atoms with van der Waals surface area (Å²) in [5, 5.41) is 0. The highest BCUT2D eigenvalue weighted by Gasteiger charge is 2.31. The first kappa shape index (κ1) is 13.6. The van der Waals surface area contributed by atoms with Crippen LogP contribution in [0.15, 0.2) is 6.07 Å². The number of carbonyl (C=O) groups is 2. The molecule has 4 nitrogen and oxygen atoms in total. The fourth-order valence-corrected chi connectivity index (χ4v) is 2.87. The molecule has 1 aromatic rings. The monoisotopic (exact) mass is 261 g/mol. The molecule has 0 saturated carbocycles. The lowest BCUT2D eigenvalue weighted by Gasteiger charge is -2.18. The average Bonchev–Trinajstić information content (AvgIpc) is 2.61. The number of carbonyl (C=O) groups excluding carboxylic acids is 2. The fraction of sp³-hybridized carbons (Fsp3) is 0.467. The van der Waals surface area contributed by atoms with E-state index in [1.54, 1.807) is 11.8 Å². The summed E-state index contributed by atoms with van der Waals surface area (Å²) >= 11 is 0. The zero-order valence-electron chi connectivity index (χ0n) is 12.0. The molecule has 0 bridgehead atoms. The van der Waals surface area contributed by atoms with Gasteiger partial charge in [0.1, 0.15) is 5.75 Å². The van der Waals surface area contributed by atoms with Gasteiger partial charge in [-0.3, -0.25) is 9.59 Å². The van der Waals surface area contributed by atoms with Crippen molar-refractivity contribution >= 4 is 17.6 Å². The smallest absolute Gasteiger partial charge is 0.308 e. The van der Waals surface area contributed by atoms with Crippen molar-refractivity contribution in [3.8, 4) is 5.75 Å². The van der Waals surface area contributed by atoms with Gasteiger partial charge >= 0.3 is 5.97 Å². The van der Waals surface area contributed by atoms with Crippen LogP contribution in [-0.2, 0) is 9.59 Å². The third-order valence-corrected chi connectivity index (χ3v) is 3.60. The van der Waals surface area contributed by atoms with E-state index in [1.165, 1.54) is 6.92 Å². The molecular formula is C15H19NO3. The number of aryl methyl sites for hydroxylation is 1. The Morgan fingerprint density at radius 2 is 1.95 bits per heavy atom. The summed E-state index contributed by atoms with van der Waals surface area (Å²) in [5.41, 5.74) is 3.90. The number of esters is 1. The van der Waals surface area contributed by atoms with Gasteiger partial charge in [0.2, 0.25) is 5.91 Å². The van der Waals surface area contributed by atoms with Crippen molar-refractivity contribution in [1.29, 1.82) is 0 Å². The molecule has 0 fully saturated rings. The summed E-state index contributed by atoms with van der Waals surface area (Å²) in [4.78, 5) is 24.7. The minimum atomic E-state index is -0.319. The van der Waals surface area contributed by atoms with E-state index in [-0.39, 0.29) is 17.8 Å². The Bertz CT molecular complexity index is 563. The minimum Gasteiger partial charge on any atom is -0.426 e. The van der Waals surface area contributed by atoms with Crippen LogP contribution in [0.4, 0.5) is 5.69 Å². The number of ether oxygens (including phenoxy) is 1. The minimum absolute atomic E-state index is 0.0460. The van der Waals surface area contributed by atoms with E-state index in [0.717, 1.165) is 22.4 Å². The molecule has 1 atom stereocenters. The molecule has 4 heteroatoms. The standard InChI is InChI=1S/C15H19NO3/c1-8-6-13-14(9(2)7-16(13)11(4)17)10(3)15(8)19-12(5)18/h6,9H,7H2,1-5H3/t9-/m1/s1. The maximum Gasteiger partial charge on any atom is 0.308 e. The van der Waals surface area contributed by atoms with Crippen LogP contribution in [0.5, 0.6) is 5.75 Å². The van der Waals surface area contributed by atoms with E-state index in [2.05, 4.69) is 6.92 Å². The van der Waals surface area contributed by atoms with Gasteiger partial charge in [-0.15, -0.1) is 0 Å². The van der Waals surface area contributed by atoms with Crippen molar-refractivity contribution in [2.45, 2.75) is 40.5 Å². The third kappa shape index (κ3) is 2.23. The molecule has 1 aliphatic rings. The highest BCUT2D eigenvalue weighted by Crippen LogP contribution is 2.43. The molecule has 0 radical (unpaired) electrons. The zero-order chi connectivity index (χ0) is 14.3. The molecule has 0 spiro atoms. The van der Waals surface area contributed by atoms with Gasteiger partial charge in [0.25, 0.3) is 0 Å². The Morgan fingerprint density at radius 3 is 2.47 bits per heavy atom. The number of hydrogen-bond donors (Lipinski definition) is 0. The molecule has 0 aliphatic carbocycles. The molecule has 19 heavy (non-hydrogen) atoms. The topological polar surface area (TPSA) is 46.6 Å². The van der Waals surface area contributed by atoms with Crippen molar-refractivity contribution in [2.75, 3.05) is 11.4 Å². The first-order valence-corrected chi connectivity index (χ1v) is 6.43. The molecule has 2 rings (SSSR count). The Kier molecular flexibility index (Phi) is 3.35. The molecule has 1 aromatic carbocycles. The van der Waals surface area contributed by atoms with Gasteiger partial charge < -0.3 is 9.64 Å². The number of nitrogens with zero attached hydrogens (tertiary/aromatic N) is 1. The Hall–Kier alpha value is -1.84. The number of hydrogen-bond acceptors (Lipinski definition) is 3. The lowest BCUT2D eigenvalue weighted by atomic mass is 9.95. The van der Waals surface area contributed by atoms with E-state index in [1.807, 2.05) is 19.9 Å². The molecule has 102 valence electrons. The second kappa shape index (κ2) is 4.68. The van der Waals surface area contributed by atoms with Crippen LogP contribution in [0, 0.1) is 13.8 Å². The average molecular weight is 261 g/mol. The van der Waals surface area contributed by atoms with E-state index >= 15 is 0 Å². The van der Waals surface area contributed by atoms with Gasteiger partial charge in [-0.2, -0.15) is 0 Å². The van der Waals surface area contributed by atoms with Gasteiger partial charge in [-0.1, -0.05) is 6.92 Å². The van der Waals surface area contributed by atoms with Crippen LogP contribution in [-0.4, -0.2) is 18.4 Å². The van der Waals surface area contributed by atoms with Gasteiger partial charge in [0, 0.05) is 32.0 Å². The Morgan fingerprint density at radius 1 is 1.32 bits per heavy atom. The van der Waals surface area contributed by atoms with Crippen molar-refractivity contribution < 1.29 is 14.3 Å². The van der Waals surface area contributed by atoms with Crippen LogP contribution in [0.2, 0.25) is 0 Å². The van der Waals surface area contributed by atoms with E-state index in [9.17, 15) is 9.59 Å². The molecule has 0 aromatic heterocycles. The Balaban J connectivity index is 2.60. The SMILES string of the molecule is CC(=O)Oc1c(C)cc2c(c1C)[C@H](C)CN2C(C)=O. The van der Waals surface area contributed by atoms with Crippen LogP contribution < -0.4 is 9.64 Å². The second-order valence-electron chi connectivity index (χ2n) is 5.20. The van der Waals surface area contributed by atoms with Gasteiger partial charge in [-0.05, 0) is 36.6 Å². The second-order valence-corrected chi connectivity index (χ2v) is 5.20. The first-order chi connectivity index (χ1) is 8.82. The molecule has 1 aliphatic heterocycles. The largest absolute Gasteiger partial charge is 0.426 e. The van der Waals surface area contributed by atoms with Crippen molar-refractivity contribution in [3.63, 3.8) is 0 Å². The van der Waals surface area contributed by atoms with E-state index < -0.39 is 0 Å². The molecule has 0 saturated heterocycles. The Labute approximate surface area is 113 Å². The predicted octanol–water partition coefficient (Wildman–Crippen LogP) is 2.70. The van der Waals surface area contributed by atoms with Crippen LogP contribution in [0.3, 0.4) is 0 Å². The summed E-state index contributed by atoms with van der Waals surface area (Å²) in [7, 11) is 0. The number of anilines is 1. The lowest BCUT2D eigenvalue weighted by molar-refractivity contribution is -0.132. The third-order valence-electron chi connectivity index (χ3n) is 3.60. The predicted molar refractivity (Wildman–Crippen MR) is 73.7 cm³/mol. The van der Waals surface area contributed by atoms with Crippen LogP contribution in [0.25, 0.3) is 0 Å². The normalized spacial score (nSPS) is 17.3. The van der Waals surface area contributed by atoms with Crippen molar-refractivity contribution in [3.05, 3.63) is 22.8 Å². The molecule has 0 N–H and O–H groups in total. The summed E-state index contributed by atoms with van der Waals surface area (Å²) in [6, 6.07) is 1.94. The first-order valence-electron chi connectivity index (χ1n) is 6.43. The highest BCUT2D eigenvalue weighted by molar-refractivity contribution is 5.95. The quantitative estimate of drug-likeness (QED) is 0.577.